The number of nitrogens with one attached hydrogen (secondary N) is 2. The molecule has 0 aliphatic carbocycles. The molecule has 1 aromatic carbocycles. The Labute approximate surface area is 148 Å². The van der Waals surface area contributed by atoms with Gasteiger partial charge in [-0.25, -0.2) is 14.4 Å². The normalized spacial score (nSPS) is 10.3. The molecule has 0 aliphatic rings. The SMILES string of the molecule is O=C(Nc1ccc(F)c(Cl)c1)c1ccnc(NCc2cccnc2)n1. The van der Waals surface area contributed by atoms with E-state index < -0.39 is 11.7 Å². The molecule has 2 heterocycles. The fraction of sp³-hybridized carbons (Fsp3) is 0.0588. The number of aromatic nitrogens is 3. The van der Waals surface area contributed by atoms with Crippen molar-refractivity contribution < 1.29 is 9.18 Å². The van der Waals surface area contributed by atoms with Crippen molar-refractivity contribution in [2.45, 2.75) is 6.54 Å². The van der Waals surface area contributed by atoms with Crippen LogP contribution in [0.4, 0.5) is 16.0 Å². The lowest BCUT2D eigenvalue weighted by Crippen LogP contribution is -2.15. The molecule has 126 valence electrons. The summed E-state index contributed by atoms with van der Waals surface area (Å²) in [6.07, 6.45) is 4.89. The molecule has 8 heteroatoms. The lowest BCUT2D eigenvalue weighted by atomic mass is 10.3. The van der Waals surface area contributed by atoms with Crippen LogP contribution in [0.5, 0.6) is 0 Å². The van der Waals surface area contributed by atoms with E-state index in [0.717, 1.165) is 5.56 Å². The van der Waals surface area contributed by atoms with E-state index in [1.807, 2.05) is 12.1 Å². The minimum Gasteiger partial charge on any atom is -0.350 e. The van der Waals surface area contributed by atoms with Crippen molar-refractivity contribution in [3.8, 4) is 0 Å². The van der Waals surface area contributed by atoms with E-state index in [1.165, 1.54) is 30.5 Å². The number of anilines is 2. The average molecular weight is 358 g/mol. The first-order valence-corrected chi connectivity index (χ1v) is 7.72. The van der Waals surface area contributed by atoms with Crippen LogP contribution < -0.4 is 10.6 Å². The number of nitrogens with zero attached hydrogens (tertiary/aromatic N) is 3. The Morgan fingerprint density at radius 1 is 1.20 bits per heavy atom. The van der Waals surface area contributed by atoms with Gasteiger partial charge in [-0.1, -0.05) is 17.7 Å². The number of rotatable bonds is 5. The van der Waals surface area contributed by atoms with Crippen LogP contribution in [0.2, 0.25) is 5.02 Å². The van der Waals surface area contributed by atoms with Crippen molar-refractivity contribution in [2.75, 3.05) is 10.6 Å². The fourth-order valence-corrected chi connectivity index (χ4v) is 2.20. The van der Waals surface area contributed by atoms with Crippen LogP contribution in [-0.4, -0.2) is 20.9 Å². The van der Waals surface area contributed by atoms with Gasteiger partial charge in [-0.2, -0.15) is 0 Å². The second kappa shape index (κ2) is 7.67. The molecule has 2 N–H and O–H groups in total. The van der Waals surface area contributed by atoms with E-state index in [0.29, 0.717) is 18.2 Å². The first kappa shape index (κ1) is 16.8. The highest BCUT2D eigenvalue weighted by atomic mass is 35.5. The maximum atomic E-state index is 13.2. The Bertz CT molecular complexity index is 891. The quantitative estimate of drug-likeness (QED) is 0.730. The van der Waals surface area contributed by atoms with E-state index in [-0.39, 0.29) is 10.7 Å². The summed E-state index contributed by atoms with van der Waals surface area (Å²) in [5.74, 6) is -0.688. The van der Waals surface area contributed by atoms with E-state index in [4.69, 9.17) is 11.6 Å². The molecular formula is C17H13ClFN5O. The average Bonchev–Trinajstić information content (AvgIpc) is 2.64. The Hall–Kier alpha value is -3.06. The summed E-state index contributed by atoms with van der Waals surface area (Å²) in [6.45, 7) is 0.479. The smallest absolute Gasteiger partial charge is 0.274 e. The molecule has 3 rings (SSSR count). The number of hydrogen-bond donors (Lipinski definition) is 2. The molecule has 0 spiro atoms. The van der Waals surface area contributed by atoms with Gasteiger partial charge in [0.2, 0.25) is 5.95 Å². The fourth-order valence-electron chi connectivity index (χ4n) is 2.02. The van der Waals surface area contributed by atoms with Crippen LogP contribution in [0.15, 0.2) is 55.0 Å². The number of amides is 1. The largest absolute Gasteiger partial charge is 0.350 e. The topological polar surface area (TPSA) is 79.8 Å². The number of hydrogen-bond acceptors (Lipinski definition) is 5. The van der Waals surface area contributed by atoms with Gasteiger partial charge in [0, 0.05) is 30.8 Å². The van der Waals surface area contributed by atoms with Crippen molar-refractivity contribution in [3.05, 3.63) is 77.1 Å². The molecule has 0 bridgehead atoms. The van der Waals surface area contributed by atoms with Crippen molar-refractivity contribution in [3.63, 3.8) is 0 Å². The van der Waals surface area contributed by atoms with Crippen LogP contribution in [-0.2, 0) is 6.54 Å². The number of pyridine rings is 1. The Morgan fingerprint density at radius 3 is 2.84 bits per heavy atom. The molecule has 0 atom stereocenters. The highest BCUT2D eigenvalue weighted by molar-refractivity contribution is 6.31. The minimum absolute atomic E-state index is 0.0701. The maximum Gasteiger partial charge on any atom is 0.274 e. The van der Waals surface area contributed by atoms with Gasteiger partial charge in [0.15, 0.2) is 0 Å². The third kappa shape index (κ3) is 4.48. The molecule has 0 aliphatic heterocycles. The van der Waals surface area contributed by atoms with Crippen molar-refractivity contribution in [1.82, 2.24) is 15.0 Å². The summed E-state index contributed by atoms with van der Waals surface area (Å²) in [7, 11) is 0. The van der Waals surface area contributed by atoms with Gasteiger partial charge in [-0.3, -0.25) is 9.78 Å². The molecule has 0 unspecified atom stereocenters. The highest BCUT2D eigenvalue weighted by Gasteiger charge is 2.10. The molecule has 25 heavy (non-hydrogen) atoms. The molecule has 1 amide bonds. The lowest BCUT2D eigenvalue weighted by Gasteiger charge is -2.08. The van der Waals surface area contributed by atoms with Crippen molar-refractivity contribution >= 4 is 29.1 Å². The molecule has 0 saturated heterocycles. The van der Waals surface area contributed by atoms with Crippen LogP contribution >= 0.6 is 11.6 Å². The summed E-state index contributed by atoms with van der Waals surface area (Å²) in [4.78, 5) is 24.5. The zero-order chi connectivity index (χ0) is 17.6. The monoisotopic (exact) mass is 357 g/mol. The van der Waals surface area contributed by atoms with Gasteiger partial charge in [0.1, 0.15) is 11.5 Å². The molecule has 2 aromatic heterocycles. The van der Waals surface area contributed by atoms with E-state index >= 15 is 0 Å². The second-order valence-corrected chi connectivity index (χ2v) is 5.47. The van der Waals surface area contributed by atoms with Crippen LogP contribution in [0.1, 0.15) is 16.1 Å². The minimum atomic E-state index is -0.552. The number of halogens is 2. The molecule has 0 fully saturated rings. The highest BCUT2D eigenvalue weighted by Crippen LogP contribution is 2.19. The molecular weight excluding hydrogens is 345 g/mol. The van der Waals surface area contributed by atoms with Gasteiger partial charge >= 0.3 is 0 Å². The Morgan fingerprint density at radius 2 is 2.08 bits per heavy atom. The Kier molecular flexibility index (Phi) is 5.15. The number of carbonyl (C=O) groups excluding carboxylic acids is 1. The van der Waals surface area contributed by atoms with Crippen LogP contribution in [0.3, 0.4) is 0 Å². The first-order valence-electron chi connectivity index (χ1n) is 7.34. The lowest BCUT2D eigenvalue weighted by molar-refractivity contribution is 0.102. The molecule has 0 radical (unpaired) electrons. The van der Waals surface area contributed by atoms with E-state index in [9.17, 15) is 9.18 Å². The van der Waals surface area contributed by atoms with Crippen molar-refractivity contribution in [1.29, 1.82) is 0 Å². The molecule has 6 nitrogen and oxygen atoms in total. The van der Waals surface area contributed by atoms with Gasteiger partial charge in [-0.05, 0) is 35.9 Å². The van der Waals surface area contributed by atoms with Crippen LogP contribution in [0.25, 0.3) is 0 Å². The first-order chi connectivity index (χ1) is 12.1. The van der Waals surface area contributed by atoms with Gasteiger partial charge in [0.05, 0.1) is 5.02 Å². The van der Waals surface area contributed by atoms with Gasteiger partial charge < -0.3 is 10.6 Å². The zero-order valence-electron chi connectivity index (χ0n) is 12.9. The van der Waals surface area contributed by atoms with Gasteiger partial charge in [0.25, 0.3) is 5.91 Å². The predicted molar refractivity (Wildman–Crippen MR) is 93.0 cm³/mol. The molecule has 3 aromatic rings. The predicted octanol–water partition coefficient (Wildman–Crippen LogP) is 3.53. The van der Waals surface area contributed by atoms with Crippen LogP contribution in [0, 0.1) is 5.82 Å². The second-order valence-electron chi connectivity index (χ2n) is 5.06. The van der Waals surface area contributed by atoms with Crippen molar-refractivity contribution in [2.24, 2.45) is 0 Å². The summed E-state index contributed by atoms with van der Waals surface area (Å²) in [5, 5.41) is 5.56. The third-order valence-corrected chi connectivity index (χ3v) is 3.53. The Balaban J connectivity index is 1.67. The van der Waals surface area contributed by atoms with Gasteiger partial charge in [-0.15, -0.1) is 0 Å². The summed E-state index contributed by atoms with van der Waals surface area (Å²) in [5.41, 5.74) is 1.51. The summed E-state index contributed by atoms with van der Waals surface area (Å²) in [6, 6.07) is 9.15. The third-order valence-electron chi connectivity index (χ3n) is 3.24. The number of carbonyl (C=O) groups is 1. The standard InChI is InChI=1S/C17H13ClFN5O/c18-13-8-12(3-4-14(13)19)23-16(25)15-5-7-21-17(24-15)22-10-11-2-1-6-20-9-11/h1-9H,10H2,(H,23,25)(H,21,22,24). The summed E-state index contributed by atoms with van der Waals surface area (Å²) < 4.78 is 13.2. The van der Waals surface area contributed by atoms with E-state index in [1.54, 1.807) is 12.4 Å². The summed E-state index contributed by atoms with van der Waals surface area (Å²) >= 11 is 5.70. The van der Waals surface area contributed by atoms with E-state index in [2.05, 4.69) is 25.6 Å². The number of benzene rings is 1. The zero-order valence-corrected chi connectivity index (χ0v) is 13.7. The molecule has 0 saturated carbocycles. The maximum absolute atomic E-state index is 13.2.